The van der Waals surface area contributed by atoms with Crippen LogP contribution in [0.1, 0.15) is 25.3 Å². The van der Waals surface area contributed by atoms with Crippen molar-refractivity contribution in [1.29, 1.82) is 0 Å². The van der Waals surface area contributed by atoms with E-state index in [1.54, 1.807) is 0 Å². The zero-order chi connectivity index (χ0) is 19.8. The van der Waals surface area contributed by atoms with Gasteiger partial charge in [-0.1, -0.05) is 38.1 Å². The smallest absolute Gasteiger partial charge is 0.258 e. The number of benzene rings is 2. The van der Waals surface area contributed by atoms with Crippen molar-refractivity contribution in [2.24, 2.45) is 0 Å². The monoisotopic (exact) mass is 387 g/mol. The molecule has 140 valence electrons. The summed E-state index contributed by atoms with van der Waals surface area (Å²) in [5.74, 6) is 0.700. The highest BCUT2D eigenvalue weighted by molar-refractivity contribution is 7.90. The van der Waals surface area contributed by atoms with E-state index in [0.717, 1.165) is 28.2 Å². The molecule has 0 aliphatic heterocycles. The Morgan fingerprint density at radius 1 is 1.11 bits per heavy atom. The molecule has 1 aromatic heterocycles. The molecule has 0 unspecified atom stereocenters. The van der Waals surface area contributed by atoms with Crippen molar-refractivity contribution in [2.75, 3.05) is 6.26 Å². The zero-order valence-electron chi connectivity index (χ0n) is 14.9. The highest BCUT2D eigenvalue weighted by Gasteiger charge is 2.22. The number of nitro groups is 1. The quantitative estimate of drug-likeness (QED) is 0.487. The fourth-order valence-electron chi connectivity index (χ4n) is 2.50. The highest BCUT2D eigenvalue weighted by atomic mass is 32.2. The number of nitrogens with zero attached hydrogens (tertiary/aromatic N) is 5. The molecule has 27 heavy (non-hydrogen) atoms. The molecule has 10 heteroatoms. The lowest BCUT2D eigenvalue weighted by Crippen LogP contribution is -2.06. The van der Waals surface area contributed by atoms with Gasteiger partial charge in [0.1, 0.15) is 0 Å². The van der Waals surface area contributed by atoms with Gasteiger partial charge < -0.3 is 0 Å². The number of nitro benzene ring substituents is 1. The minimum absolute atomic E-state index is 0.0324. The van der Waals surface area contributed by atoms with E-state index in [2.05, 4.69) is 29.3 Å². The van der Waals surface area contributed by atoms with Crippen LogP contribution in [0.25, 0.3) is 17.1 Å². The third-order valence-corrected chi connectivity index (χ3v) is 5.15. The zero-order valence-corrected chi connectivity index (χ0v) is 15.7. The van der Waals surface area contributed by atoms with Gasteiger partial charge in [0.05, 0.1) is 9.82 Å². The van der Waals surface area contributed by atoms with Gasteiger partial charge in [0, 0.05) is 17.9 Å². The molecule has 3 rings (SSSR count). The topological polar surface area (TPSA) is 121 Å². The van der Waals surface area contributed by atoms with Crippen LogP contribution in [0, 0.1) is 10.1 Å². The summed E-state index contributed by atoms with van der Waals surface area (Å²) >= 11 is 0. The van der Waals surface area contributed by atoms with Crippen molar-refractivity contribution < 1.29 is 13.3 Å². The summed E-state index contributed by atoms with van der Waals surface area (Å²) in [6.07, 6.45) is 0.984. The van der Waals surface area contributed by atoms with E-state index in [0.29, 0.717) is 11.7 Å². The Morgan fingerprint density at radius 3 is 2.33 bits per heavy atom. The first-order valence-electron chi connectivity index (χ1n) is 8.06. The van der Waals surface area contributed by atoms with Gasteiger partial charge in [-0.2, -0.15) is 0 Å². The SMILES string of the molecule is CC(C)c1ccc(-c2nnn(-c3ccc(S(C)(=O)=O)cc3[N+](=O)[O-])n2)cc1. The third kappa shape index (κ3) is 3.85. The van der Waals surface area contributed by atoms with E-state index in [-0.39, 0.29) is 10.6 Å². The van der Waals surface area contributed by atoms with Gasteiger partial charge in [-0.15, -0.1) is 15.0 Å². The molecule has 3 aromatic rings. The molecule has 0 bridgehead atoms. The van der Waals surface area contributed by atoms with Gasteiger partial charge in [0.15, 0.2) is 15.5 Å². The van der Waals surface area contributed by atoms with Gasteiger partial charge >= 0.3 is 0 Å². The van der Waals surface area contributed by atoms with Crippen molar-refractivity contribution >= 4 is 15.5 Å². The summed E-state index contributed by atoms with van der Waals surface area (Å²) in [5.41, 5.74) is 1.50. The summed E-state index contributed by atoms with van der Waals surface area (Å²) in [6, 6.07) is 11.2. The van der Waals surface area contributed by atoms with Gasteiger partial charge in [0.25, 0.3) is 5.69 Å². The Kier molecular flexibility index (Phi) is 4.75. The van der Waals surface area contributed by atoms with Gasteiger partial charge in [0.2, 0.25) is 5.82 Å². The molecule has 0 spiro atoms. The Balaban J connectivity index is 2.02. The van der Waals surface area contributed by atoms with Crippen LogP contribution in [-0.2, 0) is 9.84 Å². The maximum atomic E-state index is 11.6. The van der Waals surface area contributed by atoms with Crippen molar-refractivity contribution in [3.05, 3.63) is 58.1 Å². The molecule has 1 heterocycles. The molecule has 0 saturated carbocycles. The second-order valence-electron chi connectivity index (χ2n) is 6.36. The maximum Gasteiger partial charge on any atom is 0.298 e. The normalized spacial score (nSPS) is 11.7. The van der Waals surface area contributed by atoms with E-state index < -0.39 is 20.4 Å². The number of sulfone groups is 1. The number of aromatic nitrogens is 4. The average molecular weight is 387 g/mol. The number of hydrogen-bond acceptors (Lipinski definition) is 7. The van der Waals surface area contributed by atoms with E-state index >= 15 is 0 Å². The fourth-order valence-corrected chi connectivity index (χ4v) is 3.14. The van der Waals surface area contributed by atoms with Crippen LogP contribution in [0.4, 0.5) is 5.69 Å². The van der Waals surface area contributed by atoms with Gasteiger partial charge in [-0.3, -0.25) is 10.1 Å². The van der Waals surface area contributed by atoms with E-state index in [1.165, 1.54) is 12.1 Å². The number of rotatable bonds is 5. The largest absolute Gasteiger partial charge is 0.298 e. The predicted octanol–water partition coefficient (Wildman–Crippen LogP) is 2.76. The molecule has 0 fully saturated rings. The Labute approximate surface area is 155 Å². The summed E-state index contributed by atoms with van der Waals surface area (Å²) in [5, 5.41) is 23.4. The lowest BCUT2D eigenvalue weighted by Gasteiger charge is -2.05. The Hall–Kier alpha value is -3.14. The molecule has 0 amide bonds. The molecule has 0 aliphatic rings. The molecule has 9 nitrogen and oxygen atoms in total. The summed E-state index contributed by atoms with van der Waals surface area (Å²) in [6.45, 7) is 4.17. The summed E-state index contributed by atoms with van der Waals surface area (Å²) in [4.78, 5) is 11.6. The van der Waals surface area contributed by atoms with Crippen molar-refractivity contribution in [3.63, 3.8) is 0 Å². The average Bonchev–Trinajstić information content (AvgIpc) is 3.10. The van der Waals surface area contributed by atoms with Crippen molar-refractivity contribution in [2.45, 2.75) is 24.7 Å². The molecule has 0 aliphatic carbocycles. The van der Waals surface area contributed by atoms with E-state index in [1.807, 2.05) is 24.3 Å². The minimum atomic E-state index is -3.58. The molecular weight excluding hydrogens is 370 g/mol. The van der Waals surface area contributed by atoms with Crippen LogP contribution in [-0.4, -0.2) is 39.8 Å². The van der Waals surface area contributed by atoms with Crippen LogP contribution < -0.4 is 0 Å². The van der Waals surface area contributed by atoms with E-state index in [9.17, 15) is 18.5 Å². The van der Waals surface area contributed by atoms with Crippen LogP contribution in [0.2, 0.25) is 0 Å². The number of hydrogen-bond donors (Lipinski definition) is 0. The summed E-state index contributed by atoms with van der Waals surface area (Å²) in [7, 11) is -3.58. The Morgan fingerprint density at radius 2 is 1.78 bits per heavy atom. The minimum Gasteiger partial charge on any atom is -0.258 e. The fraction of sp³-hybridized carbons (Fsp3) is 0.235. The standard InChI is InChI=1S/C17H17N5O4S/c1-11(2)12-4-6-13(7-5-12)17-18-20-21(19-17)15-9-8-14(27(3,25)26)10-16(15)22(23)24/h4-11H,1-3H3. The van der Waals surface area contributed by atoms with Crippen molar-refractivity contribution in [3.8, 4) is 17.1 Å². The van der Waals surface area contributed by atoms with Gasteiger partial charge in [-0.25, -0.2) is 8.42 Å². The first kappa shape index (κ1) is 18.6. The first-order chi connectivity index (χ1) is 12.7. The lowest BCUT2D eigenvalue weighted by atomic mass is 10.0. The summed E-state index contributed by atoms with van der Waals surface area (Å²) < 4.78 is 23.3. The van der Waals surface area contributed by atoms with Crippen LogP contribution >= 0.6 is 0 Å². The lowest BCUT2D eigenvalue weighted by molar-refractivity contribution is -0.384. The van der Waals surface area contributed by atoms with E-state index in [4.69, 9.17) is 0 Å². The third-order valence-electron chi connectivity index (χ3n) is 4.04. The predicted molar refractivity (Wildman–Crippen MR) is 98.4 cm³/mol. The second-order valence-corrected chi connectivity index (χ2v) is 8.37. The molecule has 0 saturated heterocycles. The second kappa shape index (κ2) is 6.88. The molecule has 2 aromatic carbocycles. The molecule has 0 N–H and O–H groups in total. The van der Waals surface area contributed by atoms with Gasteiger partial charge in [-0.05, 0) is 28.8 Å². The molecule has 0 radical (unpaired) electrons. The van der Waals surface area contributed by atoms with Crippen LogP contribution in [0.15, 0.2) is 47.4 Å². The van der Waals surface area contributed by atoms with Crippen molar-refractivity contribution in [1.82, 2.24) is 20.2 Å². The van der Waals surface area contributed by atoms with Crippen LogP contribution in [0.3, 0.4) is 0 Å². The van der Waals surface area contributed by atoms with Crippen LogP contribution in [0.5, 0.6) is 0 Å². The highest BCUT2D eigenvalue weighted by Crippen LogP contribution is 2.26. The Bertz CT molecular complexity index is 1100. The molecular formula is C17H17N5O4S. The maximum absolute atomic E-state index is 11.6. The molecule has 0 atom stereocenters. The first-order valence-corrected chi connectivity index (χ1v) is 9.95. The number of tetrazole rings is 1.